The molecule has 0 bridgehead atoms. The van der Waals surface area contributed by atoms with Gasteiger partial charge in [-0.15, -0.1) is 0 Å². The first-order valence-electron chi connectivity index (χ1n) is 9.38. The number of benzene rings is 2. The van der Waals surface area contributed by atoms with Crippen molar-refractivity contribution in [3.05, 3.63) is 64.7 Å². The lowest BCUT2D eigenvalue weighted by molar-refractivity contribution is -0.139. The molecule has 1 aliphatic heterocycles. The van der Waals surface area contributed by atoms with Crippen molar-refractivity contribution < 1.29 is 24.2 Å². The van der Waals surface area contributed by atoms with Gasteiger partial charge in [0.15, 0.2) is 6.04 Å². The SMILES string of the molecule is Cc1cc(C)cc(C(NC(=O)c2cccc(OCC3CCCO3)c2)C(=O)O)c1. The molecule has 2 unspecified atom stereocenters. The number of amides is 1. The van der Waals surface area contributed by atoms with Crippen LogP contribution in [0, 0.1) is 13.8 Å². The van der Waals surface area contributed by atoms with E-state index in [2.05, 4.69) is 5.32 Å². The van der Waals surface area contributed by atoms with Crippen LogP contribution in [0.5, 0.6) is 5.75 Å². The zero-order chi connectivity index (χ0) is 20.1. The van der Waals surface area contributed by atoms with Gasteiger partial charge >= 0.3 is 5.97 Å². The maximum atomic E-state index is 12.7. The molecule has 1 heterocycles. The lowest BCUT2D eigenvalue weighted by Gasteiger charge is -2.17. The Bertz CT molecular complexity index is 838. The molecule has 1 aliphatic rings. The lowest BCUT2D eigenvalue weighted by Crippen LogP contribution is -2.33. The molecule has 2 aromatic rings. The summed E-state index contributed by atoms with van der Waals surface area (Å²) in [5, 5.41) is 12.2. The Labute approximate surface area is 164 Å². The van der Waals surface area contributed by atoms with Gasteiger partial charge in [-0.2, -0.15) is 0 Å². The van der Waals surface area contributed by atoms with E-state index < -0.39 is 17.9 Å². The van der Waals surface area contributed by atoms with Gasteiger partial charge in [0.1, 0.15) is 12.4 Å². The van der Waals surface area contributed by atoms with Gasteiger partial charge in [0.2, 0.25) is 0 Å². The summed E-state index contributed by atoms with van der Waals surface area (Å²) in [7, 11) is 0. The molecule has 0 aromatic heterocycles. The van der Waals surface area contributed by atoms with Gasteiger partial charge in [0, 0.05) is 12.2 Å². The number of carbonyl (C=O) groups excluding carboxylic acids is 1. The second-order valence-corrected chi connectivity index (χ2v) is 7.14. The molecule has 0 saturated carbocycles. The van der Waals surface area contributed by atoms with Crippen molar-refractivity contribution in [1.82, 2.24) is 5.32 Å². The molecule has 3 rings (SSSR count). The highest BCUT2D eigenvalue weighted by Crippen LogP contribution is 2.20. The summed E-state index contributed by atoms with van der Waals surface area (Å²) in [6.07, 6.45) is 2.08. The molecule has 148 valence electrons. The van der Waals surface area contributed by atoms with E-state index in [1.165, 1.54) is 0 Å². The average Bonchev–Trinajstić information content (AvgIpc) is 3.17. The number of nitrogens with one attached hydrogen (secondary N) is 1. The highest BCUT2D eigenvalue weighted by Gasteiger charge is 2.23. The van der Waals surface area contributed by atoms with Crippen molar-refractivity contribution >= 4 is 11.9 Å². The molecule has 6 heteroatoms. The molecule has 1 amide bonds. The van der Waals surface area contributed by atoms with Gasteiger partial charge in [-0.1, -0.05) is 35.4 Å². The maximum absolute atomic E-state index is 12.7. The maximum Gasteiger partial charge on any atom is 0.330 e. The molecular formula is C22H25NO5. The molecule has 2 aromatic carbocycles. The summed E-state index contributed by atoms with van der Waals surface area (Å²) >= 11 is 0. The van der Waals surface area contributed by atoms with Crippen LogP contribution in [0.2, 0.25) is 0 Å². The number of carbonyl (C=O) groups is 2. The van der Waals surface area contributed by atoms with E-state index in [4.69, 9.17) is 9.47 Å². The Balaban J connectivity index is 1.71. The van der Waals surface area contributed by atoms with E-state index in [1.54, 1.807) is 36.4 Å². The molecule has 28 heavy (non-hydrogen) atoms. The molecular weight excluding hydrogens is 358 g/mol. The lowest BCUT2D eigenvalue weighted by atomic mass is 10.0. The summed E-state index contributed by atoms with van der Waals surface area (Å²) in [5.74, 6) is -1.01. The van der Waals surface area contributed by atoms with Crippen molar-refractivity contribution in [2.24, 2.45) is 0 Å². The quantitative estimate of drug-likeness (QED) is 0.765. The molecule has 1 fully saturated rings. The van der Waals surface area contributed by atoms with Crippen LogP contribution in [0.3, 0.4) is 0 Å². The first-order valence-corrected chi connectivity index (χ1v) is 9.38. The zero-order valence-electron chi connectivity index (χ0n) is 16.1. The number of ether oxygens (including phenoxy) is 2. The third-order valence-electron chi connectivity index (χ3n) is 4.66. The molecule has 1 saturated heterocycles. The van der Waals surface area contributed by atoms with Gasteiger partial charge in [0.25, 0.3) is 5.91 Å². The van der Waals surface area contributed by atoms with Gasteiger partial charge in [0.05, 0.1) is 6.10 Å². The van der Waals surface area contributed by atoms with E-state index in [9.17, 15) is 14.7 Å². The fourth-order valence-corrected chi connectivity index (χ4v) is 3.37. The number of aliphatic carboxylic acids is 1. The third kappa shape index (κ3) is 5.10. The number of rotatable bonds is 7. The van der Waals surface area contributed by atoms with Crippen molar-refractivity contribution in [3.63, 3.8) is 0 Å². The van der Waals surface area contributed by atoms with Crippen molar-refractivity contribution in [2.45, 2.75) is 38.8 Å². The largest absolute Gasteiger partial charge is 0.491 e. The Morgan fingerprint density at radius 2 is 1.96 bits per heavy atom. The molecule has 2 atom stereocenters. The summed E-state index contributed by atoms with van der Waals surface area (Å²) in [5.41, 5.74) is 2.78. The number of aryl methyl sites for hydroxylation is 2. The zero-order valence-corrected chi connectivity index (χ0v) is 16.1. The second kappa shape index (κ2) is 8.89. The first-order chi connectivity index (χ1) is 13.4. The van der Waals surface area contributed by atoms with Crippen LogP contribution in [0.1, 0.15) is 45.9 Å². The van der Waals surface area contributed by atoms with Crippen LogP contribution in [-0.2, 0) is 9.53 Å². The smallest absolute Gasteiger partial charge is 0.330 e. The van der Waals surface area contributed by atoms with Crippen molar-refractivity contribution in [1.29, 1.82) is 0 Å². The number of carboxylic acid groups (broad SMARTS) is 1. The summed E-state index contributed by atoms with van der Waals surface area (Å²) < 4.78 is 11.3. The predicted octanol–water partition coefficient (Wildman–Crippen LogP) is 3.42. The number of hydrogen-bond donors (Lipinski definition) is 2. The topological polar surface area (TPSA) is 84.9 Å². The monoisotopic (exact) mass is 383 g/mol. The summed E-state index contributed by atoms with van der Waals surface area (Å²) in [6, 6.07) is 11.1. The van der Waals surface area contributed by atoms with E-state index >= 15 is 0 Å². The van der Waals surface area contributed by atoms with E-state index in [-0.39, 0.29) is 6.10 Å². The Morgan fingerprint density at radius 1 is 1.21 bits per heavy atom. The Kier molecular flexibility index (Phi) is 6.31. The molecule has 0 radical (unpaired) electrons. The van der Waals surface area contributed by atoms with Crippen LogP contribution in [-0.4, -0.2) is 36.3 Å². The normalized spacial score (nSPS) is 17.1. The second-order valence-electron chi connectivity index (χ2n) is 7.14. The van der Waals surface area contributed by atoms with Gasteiger partial charge in [-0.3, -0.25) is 4.79 Å². The molecule has 6 nitrogen and oxygen atoms in total. The standard InChI is InChI=1S/C22H25NO5/c1-14-9-15(2)11-17(10-14)20(22(25)26)23-21(24)16-5-3-6-18(12-16)28-13-19-7-4-8-27-19/h3,5-6,9-12,19-20H,4,7-8,13H2,1-2H3,(H,23,24)(H,25,26). The van der Waals surface area contributed by atoms with E-state index in [0.717, 1.165) is 30.6 Å². The van der Waals surface area contributed by atoms with Crippen molar-refractivity contribution in [3.8, 4) is 5.75 Å². The predicted molar refractivity (Wildman–Crippen MR) is 105 cm³/mol. The minimum absolute atomic E-state index is 0.0819. The van der Waals surface area contributed by atoms with Crippen LogP contribution < -0.4 is 10.1 Å². The average molecular weight is 383 g/mol. The van der Waals surface area contributed by atoms with Crippen LogP contribution in [0.4, 0.5) is 0 Å². The number of carboxylic acids is 1. The first kappa shape index (κ1) is 19.9. The molecule has 0 spiro atoms. The van der Waals surface area contributed by atoms with E-state index in [1.807, 2.05) is 19.9 Å². The summed E-state index contributed by atoms with van der Waals surface area (Å²) in [6.45, 7) is 4.98. The number of hydrogen-bond acceptors (Lipinski definition) is 4. The van der Waals surface area contributed by atoms with Gasteiger partial charge in [-0.05, 0) is 50.5 Å². The van der Waals surface area contributed by atoms with Crippen LogP contribution in [0.15, 0.2) is 42.5 Å². The van der Waals surface area contributed by atoms with E-state index in [0.29, 0.717) is 23.5 Å². The Morgan fingerprint density at radius 3 is 2.61 bits per heavy atom. The molecule has 0 aliphatic carbocycles. The third-order valence-corrected chi connectivity index (χ3v) is 4.66. The van der Waals surface area contributed by atoms with Crippen LogP contribution >= 0.6 is 0 Å². The van der Waals surface area contributed by atoms with Crippen molar-refractivity contribution in [2.75, 3.05) is 13.2 Å². The molecule has 2 N–H and O–H groups in total. The fourth-order valence-electron chi connectivity index (χ4n) is 3.37. The Hall–Kier alpha value is -2.86. The summed E-state index contributed by atoms with van der Waals surface area (Å²) in [4.78, 5) is 24.4. The van der Waals surface area contributed by atoms with Gasteiger partial charge < -0.3 is 19.9 Å². The van der Waals surface area contributed by atoms with Gasteiger partial charge in [-0.25, -0.2) is 4.79 Å². The van der Waals surface area contributed by atoms with Crippen LogP contribution in [0.25, 0.3) is 0 Å². The minimum Gasteiger partial charge on any atom is -0.491 e. The minimum atomic E-state index is -1.12. The fraction of sp³-hybridized carbons (Fsp3) is 0.364. The highest BCUT2D eigenvalue weighted by molar-refractivity contribution is 5.97. The highest BCUT2D eigenvalue weighted by atomic mass is 16.5.